The van der Waals surface area contributed by atoms with Crippen molar-refractivity contribution < 1.29 is 14.1 Å². The van der Waals surface area contributed by atoms with Crippen LogP contribution in [-0.2, 0) is 6.54 Å². The van der Waals surface area contributed by atoms with Crippen molar-refractivity contribution in [3.8, 4) is 0 Å². The standard InChI is InChI=1S/C13H10ClFN2O3S/c1-16(7-8-9(14)3-2-4-10(8)15)13(18)11-5-6-12(21-11)17(19)20/h2-6H,7H2,1H3. The Bertz CT molecular complexity index is 684. The summed E-state index contributed by atoms with van der Waals surface area (Å²) >= 11 is 6.68. The van der Waals surface area contributed by atoms with E-state index in [1.165, 1.54) is 42.3 Å². The number of carbonyl (C=O) groups is 1. The molecule has 1 heterocycles. The van der Waals surface area contributed by atoms with E-state index < -0.39 is 16.6 Å². The summed E-state index contributed by atoms with van der Waals surface area (Å²) in [6.07, 6.45) is 0. The molecule has 1 amide bonds. The summed E-state index contributed by atoms with van der Waals surface area (Å²) in [4.78, 5) is 23.7. The van der Waals surface area contributed by atoms with Gasteiger partial charge in [0.2, 0.25) is 0 Å². The van der Waals surface area contributed by atoms with Crippen LogP contribution < -0.4 is 0 Å². The van der Waals surface area contributed by atoms with Gasteiger partial charge in [0.1, 0.15) is 5.82 Å². The second-order valence-corrected chi connectivity index (χ2v) is 5.73. The Morgan fingerprint density at radius 3 is 2.71 bits per heavy atom. The molecular formula is C13H10ClFN2O3S. The van der Waals surface area contributed by atoms with E-state index in [0.29, 0.717) is 0 Å². The van der Waals surface area contributed by atoms with Crippen molar-refractivity contribution in [3.63, 3.8) is 0 Å². The molecule has 0 aliphatic carbocycles. The quantitative estimate of drug-likeness (QED) is 0.634. The van der Waals surface area contributed by atoms with Crippen LogP contribution in [0, 0.1) is 15.9 Å². The highest BCUT2D eigenvalue weighted by Crippen LogP contribution is 2.26. The number of nitrogens with zero attached hydrogens (tertiary/aromatic N) is 2. The molecule has 0 saturated carbocycles. The average molecular weight is 329 g/mol. The minimum absolute atomic E-state index is 0.0178. The molecule has 5 nitrogen and oxygen atoms in total. The van der Waals surface area contributed by atoms with Crippen molar-refractivity contribution >= 4 is 33.8 Å². The van der Waals surface area contributed by atoms with Crippen molar-refractivity contribution in [2.45, 2.75) is 6.54 Å². The van der Waals surface area contributed by atoms with Gasteiger partial charge in [-0.3, -0.25) is 14.9 Å². The number of hydrogen-bond acceptors (Lipinski definition) is 4. The maximum absolute atomic E-state index is 13.7. The highest BCUT2D eigenvalue weighted by molar-refractivity contribution is 7.17. The van der Waals surface area contributed by atoms with Crippen LogP contribution in [0.5, 0.6) is 0 Å². The van der Waals surface area contributed by atoms with Gasteiger partial charge in [-0.15, -0.1) is 0 Å². The van der Waals surface area contributed by atoms with Crippen molar-refractivity contribution in [2.75, 3.05) is 7.05 Å². The van der Waals surface area contributed by atoms with E-state index in [1.807, 2.05) is 0 Å². The molecular weight excluding hydrogens is 319 g/mol. The van der Waals surface area contributed by atoms with Gasteiger partial charge < -0.3 is 4.90 Å². The largest absolute Gasteiger partial charge is 0.337 e. The Hall–Kier alpha value is -1.99. The predicted molar refractivity (Wildman–Crippen MR) is 78.2 cm³/mol. The number of amides is 1. The summed E-state index contributed by atoms with van der Waals surface area (Å²) in [5, 5.41) is 10.7. The molecule has 0 atom stereocenters. The SMILES string of the molecule is CN(Cc1c(F)cccc1Cl)C(=O)c1ccc([N+](=O)[O-])s1. The topological polar surface area (TPSA) is 63.5 Å². The number of thiophene rings is 1. The van der Waals surface area contributed by atoms with Gasteiger partial charge in [0, 0.05) is 23.7 Å². The number of halogens is 2. The Morgan fingerprint density at radius 1 is 1.43 bits per heavy atom. The monoisotopic (exact) mass is 328 g/mol. The minimum atomic E-state index is -0.560. The van der Waals surface area contributed by atoms with Gasteiger partial charge in [0.25, 0.3) is 5.91 Å². The van der Waals surface area contributed by atoms with Gasteiger partial charge >= 0.3 is 5.00 Å². The summed E-state index contributed by atoms with van der Waals surface area (Å²) in [7, 11) is 1.48. The Kier molecular flexibility index (Phi) is 4.54. The predicted octanol–water partition coefficient (Wildman–Crippen LogP) is 3.72. The summed E-state index contributed by atoms with van der Waals surface area (Å²) in [5.74, 6) is -0.924. The zero-order chi connectivity index (χ0) is 15.6. The molecule has 0 unspecified atom stereocenters. The molecule has 21 heavy (non-hydrogen) atoms. The average Bonchev–Trinajstić information content (AvgIpc) is 2.92. The van der Waals surface area contributed by atoms with Gasteiger partial charge in [-0.05, 0) is 18.2 Å². The van der Waals surface area contributed by atoms with Crippen molar-refractivity contribution in [3.05, 3.63) is 61.7 Å². The van der Waals surface area contributed by atoms with Crippen LogP contribution in [0.4, 0.5) is 9.39 Å². The van der Waals surface area contributed by atoms with Crippen LogP contribution in [0.3, 0.4) is 0 Å². The molecule has 8 heteroatoms. The first-order valence-corrected chi connectivity index (χ1v) is 7.02. The van der Waals surface area contributed by atoms with E-state index in [4.69, 9.17) is 11.6 Å². The smallest absolute Gasteiger partial charge is 0.324 e. The fraction of sp³-hybridized carbons (Fsp3) is 0.154. The van der Waals surface area contributed by atoms with Crippen LogP contribution in [0.15, 0.2) is 30.3 Å². The molecule has 0 N–H and O–H groups in total. The molecule has 1 aromatic heterocycles. The number of carbonyl (C=O) groups excluding carboxylic acids is 1. The maximum atomic E-state index is 13.7. The van der Waals surface area contributed by atoms with Gasteiger partial charge in [-0.1, -0.05) is 29.0 Å². The molecule has 2 rings (SSSR count). The highest BCUT2D eigenvalue weighted by atomic mass is 35.5. The Labute approximate surface area is 128 Å². The second kappa shape index (κ2) is 6.19. The van der Waals surface area contributed by atoms with E-state index in [0.717, 1.165) is 11.3 Å². The number of nitro groups is 1. The fourth-order valence-electron chi connectivity index (χ4n) is 1.72. The molecule has 110 valence electrons. The maximum Gasteiger partial charge on any atom is 0.324 e. The van der Waals surface area contributed by atoms with Crippen LogP contribution in [0.25, 0.3) is 0 Å². The summed E-state index contributed by atoms with van der Waals surface area (Å²) < 4.78 is 13.7. The molecule has 0 spiro atoms. The van der Waals surface area contributed by atoms with Crippen molar-refractivity contribution in [2.24, 2.45) is 0 Å². The number of hydrogen-bond donors (Lipinski definition) is 0. The highest BCUT2D eigenvalue weighted by Gasteiger charge is 2.20. The number of benzene rings is 1. The first kappa shape index (κ1) is 15.4. The molecule has 0 bridgehead atoms. The van der Waals surface area contributed by atoms with Gasteiger partial charge in [0.15, 0.2) is 0 Å². The summed E-state index contributed by atoms with van der Waals surface area (Å²) in [5.41, 5.74) is 0.209. The van der Waals surface area contributed by atoms with Crippen LogP contribution in [0.2, 0.25) is 5.02 Å². The molecule has 0 radical (unpaired) electrons. The first-order chi connectivity index (χ1) is 9.90. The van der Waals surface area contributed by atoms with Crippen LogP contribution in [0.1, 0.15) is 15.2 Å². The zero-order valence-corrected chi connectivity index (χ0v) is 12.4. The Morgan fingerprint density at radius 2 is 2.14 bits per heavy atom. The van der Waals surface area contributed by atoms with E-state index in [2.05, 4.69) is 0 Å². The lowest BCUT2D eigenvalue weighted by Crippen LogP contribution is -2.26. The second-order valence-electron chi connectivity index (χ2n) is 4.26. The Balaban J connectivity index is 2.17. The summed E-state index contributed by atoms with van der Waals surface area (Å²) in [6, 6.07) is 6.92. The lowest BCUT2D eigenvalue weighted by Gasteiger charge is -2.17. The molecule has 0 aliphatic rings. The lowest BCUT2D eigenvalue weighted by atomic mass is 10.2. The first-order valence-electron chi connectivity index (χ1n) is 5.82. The third-order valence-electron chi connectivity index (χ3n) is 2.79. The van der Waals surface area contributed by atoms with Gasteiger partial charge in [-0.2, -0.15) is 0 Å². The van der Waals surface area contributed by atoms with E-state index in [1.54, 1.807) is 0 Å². The molecule has 0 saturated heterocycles. The fourth-order valence-corrected chi connectivity index (χ4v) is 2.76. The third kappa shape index (κ3) is 3.37. The molecule has 2 aromatic rings. The number of rotatable bonds is 4. The van der Waals surface area contributed by atoms with Crippen molar-refractivity contribution in [1.29, 1.82) is 0 Å². The van der Waals surface area contributed by atoms with Crippen LogP contribution in [-0.4, -0.2) is 22.8 Å². The molecule has 0 fully saturated rings. The van der Waals surface area contributed by atoms with Crippen LogP contribution >= 0.6 is 22.9 Å². The molecule has 0 aliphatic heterocycles. The summed E-state index contributed by atoms with van der Waals surface area (Å²) in [6.45, 7) is -0.0178. The minimum Gasteiger partial charge on any atom is -0.337 e. The normalized spacial score (nSPS) is 10.4. The van der Waals surface area contributed by atoms with Gasteiger partial charge in [-0.25, -0.2) is 4.39 Å². The third-order valence-corrected chi connectivity index (χ3v) is 4.17. The van der Waals surface area contributed by atoms with E-state index in [-0.39, 0.29) is 27.0 Å². The van der Waals surface area contributed by atoms with Crippen molar-refractivity contribution in [1.82, 2.24) is 4.90 Å². The lowest BCUT2D eigenvalue weighted by molar-refractivity contribution is -0.380. The zero-order valence-electron chi connectivity index (χ0n) is 10.9. The molecule has 1 aromatic carbocycles. The van der Waals surface area contributed by atoms with Gasteiger partial charge in [0.05, 0.1) is 16.3 Å². The van der Waals surface area contributed by atoms with E-state index >= 15 is 0 Å². The van der Waals surface area contributed by atoms with E-state index in [9.17, 15) is 19.3 Å².